The zero-order valence-corrected chi connectivity index (χ0v) is 19.7. The normalized spacial score (nSPS) is 14.3. The minimum Gasteiger partial charge on any atom is -0.491 e. The number of benzene rings is 2. The number of aryl methyl sites for hydroxylation is 2. The van der Waals surface area contributed by atoms with Crippen molar-refractivity contribution in [2.24, 2.45) is 0 Å². The molecule has 1 saturated heterocycles. The Morgan fingerprint density at radius 1 is 1.00 bits per heavy atom. The summed E-state index contributed by atoms with van der Waals surface area (Å²) >= 11 is 0. The molecule has 180 valence electrons. The fourth-order valence-corrected chi connectivity index (χ4v) is 3.84. The number of hydrogen-bond acceptors (Lipinski definition) is 7. The predicted octanol–water partition coefficient (Wildman–Crippen LogP) is 3.22. The molecular formula is C26H32N4O4. The summed E-state index contributed by atoms with van der Waals surface area (Å²) in [5.74, 6) is 2.14. The van der Waals surface area contributed by atoms with Gasteiger partial charge in [-0.05, 0) is 32.0 Å². The molecular weight excluding hydrogens is 432 g/mol. The largest absolute Gasteiger partial charge is 0.491 e. The Bertz CT molecular complexity index is 1010. The molecule has 1 fully saturated rings. The summed E-state index contributed by atoms with van der Waals surface area (Å²) in [6, 6.07) is 17.7. The fraction of sp³-hybridized carbons (Fsp3) is 0.423. The van der Waals surface area contributed by atoms with Crippen molar-refractivity contribution < 1.29 is 18.8 Å². The Hall–Kier alpha value is -3.23. The molecule has 34 heavy (non-hydrogen) atoms. The molecule has 1 aromatic heterocycles. The van der Waals surface area contributed by atoms with E-state index in [1.165, 1.54) is 5.56 Å². The quantitative estimate of drug-likeness (QED) is 0.403. The Morgan fingerprint density at radius 2 is 1.76 bits per heavy atom. The van der Waals surface area contributed by atoms with E-state index in [1.54, 1.807) is 0 Å². The molecule has 0 bridgehead atoms. The molecule has 1 aliphatic heterocycles. The number of nitrogens with zero attached hydrogens (tertiary/aromatic N) is 4. The zero-order valence-electron chi connectivity index (χ0n) is 19.7. The number of para-hydroxylation sites is 1. The first-order chi connectivity index (χ1) is 16.7. The first kappa shape index (κ1) is 23.9. The lowest BCUT2D eigenvalue weighted by Gasteiger charge is -2.34. The maximum atomic E-state index is 12.4. The van der Waals surface area contributed by atoms with Crippen molar-refractivity contribution in [2.75, 3.05) is 52.5 Å². The van der Waals surface area contributed by atoms with Crippen LogP contribution >= 0.6 is 0 Å². The highest BCUT2D eigenvalue weighted by molar-refractivity contribution is 5.77. The van der Waals surface area contributed by atoms with Gasteiger partial charge in [0.1, 0.15) is 19.0 Å². The lowest BCUT2D eigenvalue weighted by Crippen LogP contribution is -2.49. The van der Waals surface area contributed by atoms with Gasteiger partial charge in [-0.3, -0.25) is 9.69 Å². The minimum atomic E-state index is 0.0360. The van der Waals surface area contributed by atoms with E-state index in [4.69, 9.17) is 14.0 Å². The van der Waals surface area contributed by atoms with E-state index in [1.807, 2.05) is 59.5 Å². The van der Waals surface area contributed by atoms with E-state index in [0.717, 1.165) is 56.9 Å². The summed E-state index contributed by atoms with van der Waals surface area (Å²) < 4.78 is 16.5. The Morgan fingerprint density at radius 3 is 2.53 bits per heavy atom. The van der Waals surface area contributed by atoms with Crippen molar-refractivity contribution in [3.8, 4) is 17.1 Å². The maximum Gasteiger partial charge on any atom is 0.248 e. The van der Waals surface area contributed by atoms with Gasteiger partial charge in [-0.25, -0.2) is 0 Å². The molecule has 0 atom stereocenters. The lowest BCUT2D eigenvalue weighted by molar-refractivity contribution is -0.138. The monoisotopic (exact) mass is 464 g/mol. The molecule has 0 saturated carbocycles. The molecule has 3 aromatic rings. The van der Waals surface area contributed by atoms with E-state index in [0.29, 0.717) is 24.9 Å². The molecule has 4 rings (SSSR count). The third-order valence-corrected chi connectivity index (χ3v) is 5.83. The van der Waals surface area contributed by atoms with Crippen LogP contribution in [-0.4, -0.2) is 78.4 Å². The predicted molar refractivity (Wildman–Crippen MR) is 129 cm³/mol. The van der Waals surface area contributed by atoms with Crippen LogP contribution in [0.1, 0.15) is 17.9 Å². The van der Waals surface area contributed by atoms with Crippen LogP contribution in [0.4, 0.5) is 0 Å². The SMILES string of the molecule is Cc1ccc(-c2noc(CCCN3CCN(C(=O)COCCOc4ccccc4)CC3)n2)cc1. The second-order valence-corrected chi connectivity index (χ2v) is 8.42. The summed E-state index contributed by atoms with van der Waals surface area (Å²) in [5, 5.41) is 4.10. The van der Waals surface area contributed by atoms with Gasteiger partial charge < -0.3 is 18.9 Å². The number of ether oxygens (including phenoxy) is 2. The first-order valence-electron chi connectivity index (χ1n) is 11.8. The number of amides is 1. The van der Waals surface area contributed by atoms with Gasteiger partial charge in [0, 0.05) is 38.2 Å². The molecule has 0 radical (unpaired) electrons. The van der Waals surface area contributed by atoms with Crippen LogP contribution in [0.5, 0.6) is 5.75 Å². The van der Waals surface area contributed by atoms with Crippen LogP contribution in [0.2, 0.25) is 0 Å². The Balaban J connectivity index is 1.08. The van der Waals surface area contributed by atoms with Crippen molar-refractivity contribution in [3.05, 3.63) is 66.1 Å². The van der Waals surface area contributed by atoms with E-state index in [2.05, 4.69) is 22.0 Å². The number of rotatable bonds is 11. The van der Waals surface area contributed by atoms with E-state index in [9.17, 15) is 4.79 Å². The van der Waals surface area contributed by atoms with Gasteiger partial charge in [-0.2, -0.15) is 4.98 Å². The van der Waals surface area contributed by atoms with Gasteiger partial charge >= 0.3 is 0 Å². The van der Waals surface area contributed by atoms with Gasteiger partial charge in [-0.1, -0.05) is 53.2 Å². The number of carbonyl (C=O) groups excluding carboxylic acids is 1. The molecule has 2 heterocycles. The van der Waals surface area contributed by atoms with Gasteiger partial charge in [-0.15, -0.1) is 0 Å². The van der Waals surface area contributed by atoms with Crippen molar-refractivity contribution in [2.45, 2.75) is 19.8 Å². The van der Waals surface area contributed by atoms with Gasteiger partial charge in [0.05, 0.1) is 6.61 Å². The van der Waals surface area contributed by atoms with Gasteiger partial charge in [0.25, 0.3) is 0 Å². The van der Waals surface area contributed by atoms with Crippen molar-refractivity contribution in [1.82, 2.24) is 19.9 Å². The second kappa shape index (κ2) is 12.3. The highest BCUT2D eigenvalue weighted by atomic mass is 16.5. The number of hydrogen-bond donors (Lipinski definition) is 0. The van der Waals surface area contributed by atoms with Crippen LogP contribution < -0.4 is 4.74 Å². The number of carbonyl (C=O) groups is 1. The maximum absolute atomic E-state index is 12.4. The summed E-state index contributed by atoms with van der Waals surface area (Å²) in [6.45, 7) is 7.08. The summed E-state index contributed by atoms with van der Waals surface area (Å²) in [4.78, 5) is 21.1. The topological polar surface area (TPSA) is 80.9 Å². The molecule has 0 spiro atoms. The lowest BCUT2D eigenvalue weighted by atomic mass is 10.1. The smallest absolute Gasteiger partial charge is 0.248 e. The van der Waals surface area contributed by atoms with Crippen molar-refractivity contribution in [3.63, 3.8) is 0 Å². The molecule has 0 aliphatic carbocycles. The second-order valence-electron chi connectivity index (χ2n) is 8.42. The van der Waals surface area contributed by atoms with Crippen molar-refractivity contribution in [1.29, 1.82) is 0 Å². The highest BCUT2D eigenvalue weighted by Gasteiger charge is 2.21. The van der Waals surface area contributed by atoms with Crippen LogP contribution in [-0.2, 0) is 16.0 Å². The average Bonchev–Trinajstić information content (AvgIpc) is 3.34. The van der Waals surface area contributed by atoms with E-state index >= 15 is 0 Å². The van der Waals surface area contributed by atoms with E-state index in [-0.39, 0.29) is 12.5 Å². The summed E-state index contributed by atoms with van der Waals surface area (Å²) in [6.07, 6.45) is 1.69. The standard InChI is InChI=1S/C26H32N4O4/c1-21-9-11-22(12-10-21)26-27-24(34-28-26)8-5-13-29-14-16-30(17-15-29)25(31)20-32-18-19-33-23-6-3-2-4-7-23/h2-4,6-7,9-12H,5,8,13-20H2,1H3. The number of aromatic nitrogens is 2. The molecule has 1 aliphatic rings. The Kier molecular flexibility index (Phi) is 8.65. The minimum absolute atomic E-state index is 0.0360. The fourth-order valence-electron chi connectivity index (χ4n) is 3.84. The van der Waals surface area contributed by atoms with Crippen LogP contribution in [0.3, 0.4) is 0 Å². The summed E-state index contributed by atoms with van der Waals surface area (Å²) in [7, 11) is 0. The van der Waals surface area contributed by atoms with Gasteiger partial charge in [0.2, 0.25) is 17.6 Å². The third kappa shape index (κ3) is 7.13. The molecule has 0 unspecified atom stereocenters. The van der Waals surface area contributed by atoms with Crippen molar-refractivity contribution >= 4 is 5.91 Å². The van der Waals surface area contributed by atoms with Crippen LogP contribution in [0.15, 0.2) is 59.1 Å². The van der Waals surface area contributed by atoms with Crippen LogP contribution in [0.25, 0.3) is 11.4 Å². The molecule has 8 nitrogen and oxygen atoms in total. The molecule has 1 amide bonds. The molecule has 2 aromatic carbocycles. The van der Waals surface area contributed by atoms with E-state index < -0.39 is 0 Å². The average molecular weight is 465 g/mol. The zero-order chi connectivity index (χ0) is 23.6. The number of piperazine rings is 1. The first-order valence-corrected chi connectivity index (χ1v) is 11.8. The molecule has 0 N–H and O–H groups in total. The summed E-state index contributed by atoms with van der Waals surface area (Å²) in [5.41, 5.74) is 2.17. The molecule has 8 heteroatoms. The highest BCUT2D eigenvalue weighted by Crippen LogP contribution is 2.17. The van der Waals surface area contributed by atoms with Crippen LogP contribution in [0, 0.1) is 6.92 Å². The Labute approximate surface area is 200 Å². The third-order valence-electron chi connectivity index (χ3n) is 5.83. The van der Waals surface area contributed by atoms with Gasteiger partial charge in [0.15, 0.2) is 0 Å².